The molecule has 1 aliphatic rings. The Morgan fingerprint density at radius 2 is 1.93 bits per heavy atom. The Morgan fingerprint density at radius 1 is 1.21 bits per heavy atom. The summed E-state index contributed by atoms with van der Waals surface area (Å²) in [7, 11) is 3.81. The summed E-state index contributed by atoms with van der Waals surface area (Å²) in [6.07, 6.45) is -6.53. The fraction of sp³-hybridized carbons (Fsp3) is 0.526. The summed E-state index contributed by atoms with van der Waals surface area (Å²) >= 11 is 1.13. The summed E-state index contributed by atoms with van der Waals surface area (Å²) in [4.78, 5) is 13.6. The van der Waals surface area contributed by atoms with Gasteiger partial charge in [-0.05, 0) is 38.2 Å². The minimum Gasteiger partial charge on any atom is -0.477 e. The smallest absolute Gasteiger partial charge is 0.345 e. The molecule has 0 unspecified atom stereocenters. The molecule has 2 aromatic rings. The van der Waals surface area contributed by atoms with Crippen LogP contribution in [0.15, 0.2) is 18.2 Å². The second-order valence-electron chi connectivity index (χ2n) is 7.26. The zero-order valence-corrected chi connectivity index (χ0v) is 16.9. The highest BCUT2D eigenvalue weighted by Gasteiger charge is 2.44. The number of ether oxygens (including phenoxy) is 2. The van der Waals surface area contributed by atoms with Crippen molar-refractivity contribution >= 4 is 27.4 Å². The van der Waals surface area contributed by atoms with Crippen LogP contribution in [0.3, 0.4) is 0 Å². The number of thiophene rings is 1. The van der Waals surface area contributed by atoms with E-state index >= 15 is 0 Å². The Bertz CT molecular complexity index is 869. The standard InChI is InChI=1S/C19H25NO8S/c1-20(2)8-9-3-4-11(10-7-13(18(25)26)29-17(9)10)27-19-16(24)15(23)14(22)12(28-19)5-6-21/h3-4,7,12,14-16,19,21-24H,5-6,8H2,1-2H3,(H,25,26)/t12-,14+,15+,16-,19-/m1/s1. The van der Waals surface area contributed by atoms with Crippen LogP contribution in [0.1, 0.15) is 21.7 Å². The molecule has 0 bridgehead atoms. The average Bonchev–Trinajstić information content (AvgIpc) is 3.12. The number of benzene rings is 1. The van der Waals surface area contributed by atoms with Crippen molar-refractivity contribution in [2.24, 2.45) is 0 Å². The van der Waals surface area contributed by atoms with Crippen LogP contribution in [-0.2, 0) is 11.3 Å². The van der Waals surface area contributed by atoms with E-state index in [0.29, 0.717) is 17.7 Å². The van der Waals surface area contributed by atoms with E-state index in [0.717, 1.165) is 21.6 Å². The first kappa shape index (κ1) is 21.9. The lowest BCUT2D eigenvalue weighted by Gasteiger charge is -2.40. The molecule has 1 aromatic carbocycles. The monoisotopic (exact) mass is 427 g/mol. The minimum absolute atomic E-state index is 0.0591. The van der Waals surface area contributed by atoms with E-state index in [4.69, 9.17) is 14.6 Å². The van der Waals surface area contributed by atoms with E-state index in [1.807, 2.05) is 25.1 Å². The highest BCUT2D eigenvalue weighted by Crippen LogP contribution is 2.37. The van der Waals surface area contributed by atoms with Crippen LogP contribution < -0.4 is 4.74 Å². The molecule has 5 N–H and O–H groups in total. The molecule has 1 aliphatic heterocycles. The van der Waals surface area contributed by atoms with Crippen molar-refractivity contribution in [3.63, 3.8) is 0 Å². The number of hydrogen-bond donors (Lipinski definition) is 5. The van der Waals surface area contributed by atoms with Crippen molar-refractivity contribution in [2.45, 2.75) is 43.7 Å². The molecule has 1 fully saturated rings. The lowest BCUT2D eigenvalue weighted by molar-refractivity contribution is -0.273. The lowest BCUT2D eigenvalue weighted by Crippen LogP contribution is -2.59. The van der Waals surface area contributed by atoms with Gasteiger partial charge >= 0.3 is 5.97 Å². The maximum Gasteiger partial charge on any atom is 0.345 e. The van der Waals surface area contributed by atoms with Crippen molar-refractivity contribution in [3.8, 4) is 5.75 Å². The molecule has 0 saturated carbocycles. The van der Waals surface area contributed by atoms with E-state index in [1.54, 1.807) is 6.07 Å². The number of aliphatic hydroxyl groups is 4. The number of hydrogen-bond acceptors (Lipinski definition) is 9. The predicted molar refractivity (Wildman–Crippen MR) is 105 cm³/mol. The zero-order chi connectivity index (χ0) is 21.3. The second-order valence-corrected chi connectivity index (χ2v) is 8.32. The molecule has 1 aromatic heterocycles. The fourth-order valence-corrected chi connectivity index (χ4v) is 4.35. The first-order valence-electron chi connectivity index (χ1n) is 9.13. The van der Waals surface area contributed by atoms with Gasteiger partial charge in [0.25, 0.3) is 0 Å². The van der Waals surface area contributed by atoms with Crippen molar-refractivity contribution in [2.75, 3.05) is 20.7 Å². The molecule has 5 atom stereocenters. The average molecular weight is 427 g/mol. The highest BCUT2D eigenvalue weighted by molar-refractivity contribution is 7.21. The quantitative estimate of drug-likeness (QED) is 0.420. The van der Waals surface area contributed by atoms with Gasteiger partial charge in [-0.2, -0.15) is 0 Å². The van der Waals surface area contributed by atoms with Gasteiger partial charge in [-0.3, -0.25) is 0 Å². The van der Waals surface area contributed by atoms with Gasteiger partial charge in [-0.15, -0.1) is 11.3 Å². The molecule has 10 heteroatoms. The van der Waals surface area contributed by atoms with Gasteiger partial charge in [-0.25, -0.2) is 4.79 Å². The maximum atomic E-state index is 11.5. The summed E-state index contributed by atoms with van der Waals surface area (Å²) in [5.41, 5.74) is 0.925. The van der Waals surface area contributed by atoms with E-state index in [9.17, 15) is 25.2 Å². The van der Waals surface area contributed by atoms with Crippen LogP contribution in [0, 0.1) is 0 Å². The lowest BCUT2D eigenvalue weighted by atomic mass is 9.97. The molecule has 0 spiro atoms. The Hall–Kier alpha value is -1.79. The van der Waals surface area contributed by atoms with Crippen LogP contribution in [0.2, 0.25) is 0 Å². The Balaban J connectivity index is 1.95. The number of aromatic carboxylic acids is 1. The minimum atomic E-state index is -1.52. The second kappa shape index (κ2) is 8.92. The normalized spacial score (nSPS) is 27.5. The number of nitrogens with zero attached hydrogens (tertiary/aromatic N) is 1. The van der Waals surface area contributed by atoms with E-state index in [-0.39, 0.29) is 17.9 Å². The summed E-state index contributed by atoms with van der Waals surface area (Å²) in [5, 5.41) is 49.5. The Labute approximate surface area is 171 Å². The molecular formula is C19H25NO8S. The van der Waals surface area contributed by atoms with Gasteiger partial charge in [0, 0.05) is 23.2 Å². The van der Waals surface area contributed by atoms with Gasteiger partial charge in [0.05, 0.1) is 6.10 Å². The van der Waals surface area contributed by atoms with Crippen LogP contribution >= 0.6 is 11.3 Å². The topological polar surface area (TPSA) is 140 Å². The highest BCUT2D eigenvalue weighted by atomic mass is 32.1. The Kier molecular flexibility index (Phi) is 6.74. The third kappa shape index (κ3) is 4.53. The van der Waals surface area contributed by atoms with Gasteiger partial charge in [0.15, 0.2) is 0 Å². The molecule has 1 saturated heterocycles. The van der Waals surface area contributed by atoms with E-state index in [1.165, 1.54) is 6.07 Å². The molecule has 2 heterocycles. The molecule has 9 nitrogen and oxygen atoms in total. The molecular weight excluding hydrogens is 402 g/mol. The number of fused-ring (bicyclic) bond motifs is 1. The maximum absolute atomic E-state index is 11.5. The van der Waals surface area contributed by atoms with E-state index < -0.39 is 36.7 Å². The molecule has 0 amide bonds. The predicted octanol–water partition coefficient (Wildman–Crippen LogP) is 0.230. The SMILES string of the molecule is CN(C)Cc1ccc(O[C@@H]2O[C@H](CCO)[C@H](O)[C@H](O)[C@H]2O)c2cc(C(=O)O)sc12. The van der Waals surface area contributed by atoms with Crippen molar-refractivity contribution in [1.29, 1.82) is 0 Å². The van der Waals surface area contributed by atoms with Crippen LogP contribution in [-0.4, -0.2) is 87.8 Å². The summed E-state index contributed by atoms with van der Waals surface area (Å²) in [5.74, 6) is -0.759. The van der Waals surface area contributed by atoms with Crippen LogP contribution in [0.4, 0.5) is 0 Å². The molecule has 0 radical (unpaired) electrons. The van der Waals surface area contributed by atoms with Crippen LogP contribution in [0.25, 0.3) is 10.1 Å². The first-order valence-corrected chi connectivity index (χ1v) is 9.95. The molecule has 160 valence electrons. The van der Waals surface area contributed by atoms with E-state index in [2.05, 4.69) is 0 Å². The first-order chi connectivity index (χ1) is 13.7. The number of carboxylic acids is 1. The molecule has 3 rings (SSSR count). The number of carboxylic acid groups (broad SMARTS) is 1. The van der Waals surface area contributed by atoms with Crippen LogP contribution in [0.5, 0.6) is 5.75 Å². The molecule has 29 heavy (non-hydrogen) atoms. The van der Waals surface area contributed by atoms with Gasteiger partial charge < -0.3 is 39.9 Å². The van der Waals surface area contributed by atoms with Crippen molar-refractivity contribution < 1.29 is 39.8 Å². The summed E-state index contributed by atoms with van der Waals surface area (Å²) in [6, 6.07) is 4.97. The largest absolute Gasteiger partial charge is 0.477 e. The number of rotatable bonds is 7. The van der Waals surface area contributed by atoms with Gasteiger partial charge in [0.1, 0.15) is 28.9 Å². The Morgan fingerprint density at radius 3 is 2.55 bits per heavy atom. The third-order valence-electron chi connectivity index (χ3n) is 4.75. The summed E-state index contributed by atoms with van der Waals surface area (Å²) in [6.45, 7) is 0.329. The van der Waals surface area contributed by atoms with Crippen molar-refractivity contribution in [1.82, 2.24) is 4.90 Å². The number of carbonyl (C=O) groups is 1. The van der Waals surface area contributed by atoms with Gasteiger partial charge in [0.2, 0.25) is 6.29 Å². The summed E-state index contributed by atoms with van der Waals surface area (Å²) < 4.78 is 12.1. The molecule has 0 aliphatic carbocycles. The van der Waals surface area contributed by atoms with Crippen molar-refractivity contribution in [3.05, 3.63) is 28.6 Å². The fourth-order valence-electron chi connectivity index (χ4n) is 3.33. The zero-order valence-electron chi connectivity index (χ0n) is 16.1. The number of aliphatic hydroxyl groups excluding tert-OH is 4. The van der Waals surface area contributed by atoms with Gasteiger partial charge in [-0.1, -0.05) is 6.07 Å². The third-order valence-corrected chi connectivity index (χ3v) is 5.95.